The molecule has 11 heteroatoms. The highest BCUT2D eigenvalue weighted by molar-refractivity contribution is 6.76. The predicted molar refractivity (Wildman–Crippen MR) is 120 cm³/mol. The van der Waals surface area contributed by atoms with Gasteiger partial charge in [-0.1, -0.05) is 19.6 Å². The second-order valence-corrected chi connectivity index (χ2v) is 14.6. The van der Waals surface area contributed by atoms with E-state index in [-0.39, 0.29) is 5.28 Å². The summed E-state index contributed by atoms with van der Waals surface area (Å²) >= 11 is 6.22. The molecule has 0 atom stereocenters. The molecule has 0 bridgehead atoms. The quantitative estimate of drug-likeness (QED) is 0.311. The lowest BCUT2D eigenvalue weighted by molar-refractivity contribution is 0.0787. The number of halogens is 1. The monoisotopic (exact) mass is 449 g/mol. The molecular formula is C19H28ClN7O2Si. The zero-order valence-corrected chi connectivity index (χ0v) is 19.7. The van der Waals surface area contributed by atoms with E-state index >= 15 is 0 Å². The smallest absolute Gasteiger partial charge is 0.226 e. The van der Waals surface area contributed by atoms with Gasteiger partial charge in [-0.05, 0) is 23.7 Å². The summed E-state index contributed by atoms with van der Waals surface area (Å²) in [5.41, 5.74) is 2.17. The topological polar surface area (TPSA) is 83.1 Å². The summed E-state index contributed by atoms with van der Waals surface area (Å²) in [6.07, 6.45) is 1.91. The van der Waals surface area contributed by atoms with E-state index in [2.05, 4.69) is 39.6 Å². The van der Waals surface area contributed by atoms with E-state index in [1.54, 1.807) is 4.68 Å². The Morgan fingerprint density at radius 1 is 1.17 bits per heavy atom. The van der Waals surface area contributed by atoms with Crippen LogP contribution in [-0.2, 0) is 23.3 Å². The number of anilines is 1. The van der Waals surface area contributed by atoms with Crippen molar-refractivity contribution >= 4 is 36.7 Å². The van der Waals surface area contributed by atoms with Gasteiger partial charge in [-0.2, -0.15) is 15.1 Å². The maximum absolute atomic E-state index is 6.22. The molecule has 1 saturated heterocycles. The van der Waals surface area contributed by atoms with Crippen molar-refractivity contribution in [2.24, 2.45) is 7.05 Å². The average molecular weight is 450 g/mol. The van der Waals surface area contributed by atoms with E-state index < -0.39 is 8.07 Å². The minimum atomic E-state index is -1.10. The van der Waals surface area contributed by atoms with E-state index in [9.17, 15) is 0 Å². The minimum absolute atomic E-state index is 0.208. The molecule has 9 nitrogen and oxygen atoms in total. The van der Waals surface area contributed by atoms with Gasteiger partial charge in [0.2, 0.25) is 5.28 Å². The first-order chi connectivity index (χ1) is 14.3. The van der Waals surface area contributed by atoms with Gasteiger partial charge in [-0.25, -0.2) is 9.67 Å². The molecule has 0 spiro atoms. The molecule has 0 aliphatic carbocycles. The van der Waals surface area contributed by atoms with Crippen LogP contribution >= 0.6 is 11.6 Å². The Morgan fingerprint density at radius 2 is 1.93 bits per heavy atom. The number of fused-ring (bicyclic) bond motifs is 1. The summed E-state index contributed by atoms with van der Waals surface area (Å²) in [7, 11) is 0.820. The third-order valence-electron chi connectivity index (χ3n) is 5.07. The number of nitrogens with zero attached hydrogens (tertiary/aromatic N) is 7. The zero-order chi connectivity index (χ0) is 21.3. The molecule has 0 aromatic carbocycles. The van der Waals surface area contributed by atoms with Gasteiger partial charge in [0.15, 0.2) is 22.8 Å². The first kappa shape index (κ1) is 21.2. The molecule has 3 aromatic rings. The molecule has 4 heterocycles. The Bertz CT molecular complexity index is 1020. The van der Waals surface area contributed by atoms with Crippen LogP contribution < -0.4 is 4.90 Å². The van der Waals surface area contributed by atoms with E-state index in [0.29, 0.717) is 25.6 Å². The summed E-state index contributed by atoms with van der Waals surface area (Å²) in [6.45, 7) is 11.0. The maximum Gasteiger partial charge on any atom is 0.226 e. The molecule has 162 valence electrons. The number of hydrogen-bond donors (Lipinski definition) is 0. The summed E-state index contributed by atoms with van der Waals surface area (Å²) in [5.74, 6) is 1.46. The van der Waals surface area contributed by atoms with Crippen molar-refractivity contribution in [3.05, 3.63) is 17.5 Å². The third kappa shape index (κ3) is 4.66. The van der Waals surface area contributed by atoms with Crippen LogP contribution in [0.2, 0.25) is 31.0 Å². The zero-order valence-electron chi connectivity index (χ0n) is 17.9. The molecule has 0 unspecified atom stereocenters. The SMILES string of the molecule is Cn1c(-c2ccn(COCC[Si](C)(C)C)n2)nc2c(N3CCOCC3)nc(Cl)nc21. The van der Waals surface area contributed by atoms with Crippen molar-refractivity contribution in [2.45, 2.75) is 32.4 Å². The standard InChI is InChI=1S/C19H28ClN7O2Si/c1-25-16(14-5-6-27(24-14)13-29-11-12-30(2,3)4)21-15-17(25)22-19(20)23-18(15)26-7-9-28-10-8-26/h5-6H,7-13H2,1-4H3. The average Bonchev–Trinajstić information content (AvgIpc) is 3.30. The first-order valence-corrected chi connectivity index (χ1v) is 14.2. The second kappa shape index (κ2) is 8.62. The summed E-state index contributed by atoms with van der Waals surface area (Å²) in [4.78, 5) is 15.8. The van der Waals surface area contributed by atoms with E-state index in [4.69, 9.17) is 26.1 Å². The van der Waals surface area contributed by atoms with Crippen LogP contribution in [0.5, 0.6) is 0 Å². The van der Waals surface area contributed by atoms with Crippen LogP contribution in [0, 0.1) is 0 Å². The van der Waals surface area contributed by atoms with Crippen LogP contribution in [0.15, 0.2) is 12.3 Å². The highest BCUT2D eigenvalue weighted by atomic mass is 35.5. The Kier molecular flexibility index (Phi) is 6.10. The van der Waals surface area contributed by atoms with Gasteiger partial charge < -0.3 is 18.9 Å². The van der Waals surface area contributed by atoms with E-state index in [0.717, 1.165) is 48.6 Å². The van der Waals surface area contributed by atoms with Gasteiger partial charge in [0.1, 0.15) is 12.4 Å². The maximum atomic E-state index is 6.22. The number of aromatic nitrogens is 6. The van der Waals surface area contributed by atoms with Crippen LogP contribution in [0.4, 0.5) is 5.82 Å². The molecular weight excluding hydrogens is 422 g/mol. The fraction of sp³-hybridized carbons (Fsp3) is 0.579. The lowest BCUT2D eigenvalue weighted by Gasteiger charge is -2.27. The molecule has 1 aliphatic rings. The van der Waals surface area contributed by atoms with E-state index in [1.807, 2.05) is 23.9 Å². The van der Waals surface area contributed by atoms with Crippen LogP contribution in [0.1, 0.15) is 0 Å². The first-order valence-electron chi connectivity index (χ1n) is 10.2. The summed E-state index contributed by atoms with van der Waals surface area (Å²) < 4.78 is 15.0. The van der Waals surface area contributed by atoms with Gasteiger partial charge in [0.25, 0.3) is 0 Å². The second-order valence-electron chi connectivity index (χ2n) is 8.67. The largest absolute Gasteiger partial charge is 0.378 e. The predicted octanol–water partition coefficient (Wildman–Crippen LogP) is 3.03. The van der Waals surface area contributed by atoms with Gasteiger partial charge >= 0.3 is 0 Å². The van der Waals surface area contributed by atoms with Gasteiger partial charge in [-0.15, -0.1) is 0 Å². The number of morpholine rings is 1. The molecule has 0 radical (unpaired) electrons. The highest BCUT2D eigenvalue weighted by Gasteiger charge is 2.23. The molecule has 0 N–H and O–H groups in total. The lowest BCUT2D eigenvalue weighted by atomic mass is 10.4. The summed E-state index contributed by atoms with van der Waals surface area (Å²) in [5, 5.41) is 4.85. The number of ether oxygens (including phenoxy) is 2. The van der Waals surface area contributed by atoms with Crippen molar-refractivity contribution in [2.75, 3.05) is 37.8 Å². The van der Waals surface area contributed by atoms with Crippen molar-refractivity contribution in [3.8, 4) is 11.5 Å². The molecule has 0 saturated carbocycles. The number of imidazole rings is 1. The summed E-state index contributed by atoms with van der Waals surface area (Å²) in [6, 6.07) is 3.07. The van der Waals surface area contributed by atoms with Gasteiger partial charge in [0.05, 0.1) is 13.2 Å². The molecule has 4 rings (SSSR count). The Morgan fingerprint density at radius 3 is 2.67 bits per heavy atom. The molecule has 1 fully saturated rings. The fourth-order valence-electron chi connectivity index (χ4n) is 3.33. The third-order valence-corrected chi connectivity index (χ3v) is 6.95. The van der Waals surface area contributed by atoms with Gasteiger partial charge in [-0.3, -0.25) is 0 Å². The highest BCUT2D eigenvalue weighted by Crippen LogP contribution is 2.29. The van der Waals surface area contributed by atoms with Gasteiger partial charge in [0, 0.05) is 41.0 Å². The molecule has 3 aromatic heterocycles. The Labute approximate surface area is 182 Å². The number of aryl methyl sites for hydroxylation is 1. The fourth-order valence-corrected chi connectivity index (χ4v) is 4.25. The van der Waals surface area contributed by atoms with Crippen molar-refractivity contribution in [1.82, 2.24) is 29.3 Å². The minimum Gasteiger partial charge on any atom is -0.378 e. The molecule has 1 aliphatic heterocycles. The van der Waals surface area contributed by atoms with E-state index in [1.165, 1.54) is 0 Å². The number of hydrogen-bond acceptors (Lipinski definition) is 7. The van der Waals surface area contributed by atoms with Crippen LogP contribution in [-0.4, -0.2) is 70.3 Å². The van der Waals surface area contributed by atoms with Crippen molar-refractivity contribution < 1.29 is 9.47 Å². The Hall–Kier alpha value is -2.01. The van der Waals surface area contributed by atoms with Crippen LogP contribution in [0.25, 0.3) is 22.7 Å². The molecule has 30 heavy (non-hydrogen) atoms. The number of rotatable bonds is 7. The lowest BCUT2D eigenvalue weighted by Crippen LogP contribution is -2.37. The van der Waals surface area contributed by atoms with Crippen molar-refractivity contribution in [3.63, 3.8) is 0 Å². The Balaban J connectivity index is 1.58. The normalized spacial score (nSPS) is 15.3. The molecule has 0 amide bonds. The van der Waals surface area contributed by atoms with Crippen LogP contribution in [0.3, 0.4) is 0 Å². The van der Waals surface area contributed by atoms with Crippen molar-refractivity contribution in [1.29, 1.82) is 0 Å².